The molecule has 0 radical (unpaired) electrons. The van der Waals surface area contributed by atoms with Crippen molar-refractivity contribution in [1.82, 2.24) is 0 Å². The first-order chi connectivity index (χ1) is 10.3. The Morgan fingerprint density at radius 3 is 2.33 bits per heavy atom. The van der Waals surface area contributed by atoms with E-state index in [2.05, 4.69) is 5.16 Å². The molecule has 2 atom stereocenters. The van der Waals surface area contributed by atoms with Crippen LogP contribution in [0.5, 0.6) is 0 Å². The minimum Gasteiger partial charge on any atom is -0.391 e. The molecule has 0 saturated heterocycles. The van der Waals surface area contributed by atoms with Gasteiger partial charge < -0.3 is 9.63 Å². The fraction of sp³-hybridized carbons (Fsp3) is 0.222. The molecule has 3 heteroatoms. The second-order valence-electron chi connectivity index (χ2n) is 5.30. The Labute approximate surface area is 124 Å². The van der Waals surface area contributed by atoms with Crippen LogP contribution in [0, 0.1) is 0 Å². The highest BCUT2D eigenvalue weighted by Gasteiger charge is 2.48. The third-order valence-corrected chi connectivity index (χ3v) is 4.09. The maximum atomic E-state index is 12.0. The molecule has 1 heterocycles. The van der Waals surface area contributed by atoms with E-state index in [1.807, 2.05) is 67.6 Å². The van der Waals surface area contributed by atoms with Crippen molar-refractivity contribution >= 4 is 12.0 Å². The molecule has 21 heavy (non-hydrogen) atoms. The Morgan fingerprint density at radius 1 is 1.10 bits per heavy atom. The van der Waals surface area contributed by atoms with E-state index in [0.29, 0.717) is 6.42 Å². The van der Waals surface area contributed by atoms with E-state index >= 15 is 0 Å². The maximum Gasteiger partial charge on any atom is 0.146 e. The highest BCUT2D eigenvalue weighted by Crippen LogP contribution is 2.35. The van der Waals surface area contributed by atoms with Gasteiger partial charge in [-0.3, -0.25) is 0 Å². The number of rotatable bonds is 4. The summed E-state index contributed by atoms with van der Waals surface area (Å²) >= 11 is 0. The lowest BCUT2D eigenvalue weighted by Crippen LogP contribution is -2.44. The number of benzene rings is 2. The molecule has 0 N–H and O–H groups in total. The van der Waals surface area contributed by atoms with Crippen LogP contribution in [0.2, 0.25) is 0 Å². The van der Waals surface area contributed by atoms with E-state index in [-0.39, 0.29) is 6.10 Å². The first-order valence-corrected chi connectivity index (χ1v) is 7.06. The molecular weight excluding hydrogens is 262 g/mol. The van der Waals surface area contributed by atoms with E-state index in [1.165, 1.54) is 0 Å². The lowest BCUT2D eigenvalue weighted by molar-refractivity contribution is -0.113. The lowest BCUT2D eigenvalue weighted by atomic mass is 9.72. The fourth-order valence-corrected chi connectivity index (χ4v) is 2.85. The van der Waals surface area contributed by atoms with Gasteiger partial charge in [-0.05, 0) is 18.1 Å². The number of nitrogens with zero attached hydrogens (tertiary/aromatic N) is 1. The zero-order chi connectivity index (χ0) is 14.7. The summed E-state index contributed by atoms with van der Waals surface area (Å²) in [6.45, 7) is 1.89. The van der Waals surface area contributed by atoms with Crippen molar-refractivity contribution < 1.29 is 9.63 Å². The molecule has 1 aliphatic rings. The van der Waals surface area contributed by atoms with Gasteiger partial charge in [0, 0.05) is 6.42 Å². The highest BCUT2D eigenvalue weighted by atomic mass is 16.6. The average molecular weight is 279 g/mol. The zero-order valence-corrected chi connectivity index (χ0v) is 11.9. The molecule has 2 unspecified atom stereocenters. The van der Waals surface area contributed by atoms with Crippen LogP contribution >= 0.6 is 0 Å². The second kappa shape index (κ2) is 5.52. The van der Waals surface area contributed by atoms with Gasteiger partial charge in [0.15, 0.2) is 0 Å². The van der Waals surface area contributed by atoms with E-state index in [4.69, 9.17) is 4.84 Å². The summed E-state index contributed by atoms with van der Waals surface area (Å²) in [5.74, 6) is 0. The molecule has 0 aromatic heterocycles. The molecule has 3 rings (SSSR count). The normalized spacial score (nSPS) is 24.2. The van der Waals surface area contributed by atoms with Gasteiger partial charge in [-0.25, -0.2) is 0 Å². The SMILES string of the molecule is CC1ON=C(Cc2ccccc2)C1(C=O)c1ccccc1. The summed E-state index contributed by atoms with van der Waals surface area (Å²) in [6, 6.07) is 19.7. The number of carbonyl (C=O) groups is 1. The van der Waals surface area contributed by atoms with Crippen LogP contribution in [0.4, 0.5) is 0 Å². The summed E-state index contributed by atoms with van der Waals surface area (Å²) in [5, 5.41) is 4.20. The molecule has 1 aliphatic heterocycles. The topological polar surface area (TPSA) is 38.7 Å². The second-order valence-corrected chi connectivity index (χ2v) is 5.30. The Kier molecular flexibility index (Phi) is 3.57. The predicted octanol–water partition coefficient (Wildman–Crippen LogP) is 3.14. The van der Waals surface area contributed by atoms with Crippen LogP contribution in [0.15, 0.2) is 65.8 Å². The molecule has 0 bridgehead atoms. The number of oxime groups is 1. The molecule has 0 aliphatic carbocycles. The van der Waals surface area contributed by atoms with Crippen molar-refractivity contribution in [3.8, 4) is 0 Å². The van der Waals surface area contributed by atoms with Crippen LogP contribution in [0.25, 0.3) is 0 Å². The van der Waals surface area contributed by atoms with Crippen LogP contribution in [0.3, 0.4) is 0 Å². The largest absolute Gasteiger partial charge is 0.391 e. The molecule has 106 valence electrons. The zero-order valence-electron chi connectivity index (χ0n) is 11.9. The van der Waals surface area contributed by atoms with Crippen LogP contribution < -0.4 is 0 Å². The third kappa shape index (κ3) is 2.25. The first-order valence-electron chi connectivity index (χ1n) is 7.06. The van der Waals surface area contributed by atoms with Gasteiger partial charge in [0.25, 0.3) is 0 Å². The van der Waals surface area contributed by atoms with Crippen molar-refractivity contribution in [2.45, 2.75) is 24.9 Å². The summed E-state index contributed by atoms with van der Waals surface area (Å²) in [6.07, 6.45) is 1.29. The minimum absolute atomic E-state index is 0.295. The first kappa shape index (κ1) is 13.6. The van der Waals surface area contributed by atoms with Crippen molar-refractivity contribution in [1.29, 1.82) is 0 Å². The molecular formula is C18H17NO2. The standard InChI is InChI=1S/C18H17NO2/c1-14-18(13-20,16-10-6-3-7-11-16)17(19-21-14)12-15-8-4-2-5-9-15/h2-11,13-14H,12H2,1H3. The Hall–Kier alpha value is -2.42. The monoisotopic (exact) mass is 279 g/mol. The van der Waals surface area contributed by atoms with E-state index < -0.39 is 5.41 Å². The van der Waals surface area contributed by atoms with Crippen molar-refractivity contribution in [2.24, 2.45) is 5.16 Å². The molecule has 0 fully saturated rings. The van der Waals surface area contributed by atoms with Gasteiger partial charge in [-0.15, -0.1) is 0 Å². The van der Waals surface area contributed by atoms with Crippen LogP contribution in [0.1, 0.15) is 18.1 Å². The number of carbonyl (C=O) groups excluding carboxylic acids is 1. The van der Waals surface area contributed by atoms with Gasteiger partial charge in [0.2, 0.25) is 0 Å². The summed E-state index contributed by atoms with van der Waals surface area (Å²) in [5.41, 5.74) is 2.02. The quantitative estimate of drug-likeness (QED) is 0.806. The average Bonchev–Trinajstić information content (AvgIpc) is 2.86. The number of aldehydes is 1. The van der Waals surface area contributed by atoms with Gasteiger partial charge in [0.1, 0.15) is 17.8 Å². The van der Waals surface area contributed by atoms with E-state index in [1.54, 1.807) is 0 Å². The maximum absolute atomic E-state index is 12.0. The van der Waals surface area contributed by atoms with Crippen molar-refractivity contribution in [3.63, 3.8) is 0 Å². The lowest BCUT2D eigenvalue weighted by Gasteiger charge is -2.27. The van der Waals surface area contributed by atoms with Crippen LogP contribution in [-0.4, -0.2) is 18.1 Å². The van der Waals surface area contributed by atoms with Gasteiger partial charge >= 0.3 is 0 Å². The Bertz CT molecular complexity index is 651. The Balaban J connectivity index is 2.01. The molecule has 0 saturated carbocycles. The van der Waals surface area contributed by atoms with Gasteiger partial charge in [-0.2, -0.15) is 0 Å². The summed E-state index contributed by atoms with van der Waals surface area (Å²) in [4.78, 5) is 17.4. The van der Waals surface area contributed by atoms with E-state index in [9.17, 15) is 4.79 Å². The third-order valence-electron chi connectivity index (χ3n) is 4.09. The summed E-state index contributed by atoms with van der Waals surface area (Å²) in [7, 11) is 0. The molecule has 2 aromatic carbocycles. The van der Waals surface area contributed by atoms with Gasteiger partial charge in [-0.1, -0.05) is 65.8 Å². The van der Waals surface area contributed by atoms with Crippen molar-refractivity contribution in [2.75, 3.05) is 0 Å². The van der Waals surface area contributed by atoms with E-state index in [0.717, 1.165) is 23.1 Å². The van der Waals surface area contributed by atoms with Gasteiger partial charge in [0.05, 0.1) is 5.71 Å². The predicted molar refractivity (Wildman–Crippen MR) is 82.3 cm³/mol. The smallest absolute Gasteiger partial charge is 0.146 e. The van der Waals surface area contributed by atoms with Crippen LogP contribution in [-0.2, 0) is 21.5 Å². The number of hydrogen-bond donors (Lipinski definition) is 0. The Morgan fingerprint density at radius 2 is 1.71 bits per heavy atom. The fourth-order valence-electron chi connectivity index (χ4n) is 2.85. The minimum atomic E-state index is -0.795. The molecule has 3 nitrogen and oxygen atoms in total. The summed E-state index contributed by atoms with van der Waals surface area (Å²) < 4.78 is 0. The molecule has 0 amide bonds. The number of hydrogen-bond acceptors (Lipinski definition) is 3. The van der Waals surface area contributed by atoms with Crippen molar-refractivity contribution in [3.05, 3.63) is 71.8 Å². The molecule has 0 spiro atoms. The molecule has 2 aromatic rings. The highest BCUT2D eigenvalue weighted by molar-refractivity contribution is 6.09.